The van der Waals surface area contributed by atoms with Crippen molar-refractivity contribution in [3.05, 3.63) is 0 Å². The van der Waals surface area contributed by atoms with Crippen LogP contribution in [0.3, 0.4) is 0 Å². The first kappa shape index (κ1) is 9.47. The van der Waals surface area contributed by atoms with E-state index in [-0.39, 0.29) is 0 Å². The molecule has 0 aromatic rings. The van der Waals surface area contributed by atoms with Crippen molar-refractivity contribution in [3.63, 3.8) is 0 Å². The van der Waals surface area contributed by atoms with Gasteiger partial charge in [0.25, 0.3) is 0 Å². The maximum atomic E-state index is 3.64. The fourth-order valence-corrected chi connectivity index (χ4v) is 2.54. The highest BCUT2D eigenvalue weighted by atomic mass is 15.2. The predicted molar refractivity (Wildman–Crippen MR) is 55.9 cm³/mol. The van der Waals surface area contributed by atoms with Crippen molar-refractivity contribution < 1.29 is 0 Å². The fourth-order valence-electron chi connectivity index (χ4n) is 2.54. The molecular formula is C11H22N2. The Balaban J connectivity index is 1.82. The summed E-state index contributed by atoms with van der Waals surface area (Å²) in [6.07, 6.45) is 8.42. The minimum Gasteiger partial charge on any atom is -0.314 e. The van der Waals surface area contributed by atoms with Gasteiger partial charge in [-0.25, -0.2) is 0 Å². The van der Waals surface area contributed by atoms with Gasteiger partial charge in [0.1, 0.15) is 0 Å². The maximum Gasteiger partial charge on any atom is 0.0219 e. The highest BCUT2D eigenvalue weighted by molar-refractivity contribution is 5.04. The number of nitrogens with one attached hydrogen (secondary N) is 1. The zero-order valence-corrected chi connectivity index (χ0v) is 8.97. The van der Waals surface area contributed by atoms with Crippen LogP contribution in [-0.2, 0) is 0 Å². The third-order valence-corrected chi connectivity index (χ3v) is 3.81. The summed E-state index contributed by atoms with van der Waals surface area (Å²) in [5.74, 6) is 0. The summed E-state index contributed by atoms with van der Waals surface area (Å²) in [5.41, 5.74) is 0.578. The second kappa shape index (κ2) is 3.58. The first-order valence-electron chi connectivity index (χ1n) is 5.64. The van der Waals surface area contributed by atoms with Crippen LogP contribution in [0.2, 0.25) is 0 Å². The zero-order chi connectivity index (χ0) is 9.31. The molecule has 76 valence electrons. The highest BCUT2D eigenvalue weighted by Gasteiger charge is 2.45. The Morgan fingerprint density at radius 2 is 2.08 bits per heavy atom. The molecule has 2 nitrogen and oxygen atoms in total. The van der Waals surface area contributed by atoms with E-state index in [2.05, 4.69) is 24.3 Å². The molecule has 0 amide bonds. The van der Waals surface area contributed by atoms with Crippen LogP contribution >= 0.6 is 0 Å². The van der Waals surface area contributed by atoms with Crippen LogP contribution < -0.4 is 5.32 Å². The molecule has 2 rings (SSSR count). The molecule has 1 aliphatic carbocycles. The Morgan fingerprint density at radius 1 is 1.31 bits per heavy atom. The molecule has 2 fully saturated rings. The Bertz CT molecular complexity index is 167. The second-order valence-corrected chi connectivity index (χ2v) is 4.97. The molecule has 1 aliphatic heterocycles. The summed E-state index contributed by atoms with van der Waals surface area (Å²) >= 11 is 0. The minimum atomic E-state index is 0.578. The molecule has 13 heavy (non-hydrogen) atoms. The van der Waals surface area contributed by atoms with E-state index in [1.165, 1.54) is 45.1 Å². The van der Waals surface area contributed by atoms with E-state index in [4.69, 9.17) is 0 Å². The summed E-state index contributed by atoms with van der Waals surface area (Å²) in [5, 5.41) is 3.64. The Kier molecular flexibility index (Phi) is 2.61. The molecule has 0 spiro atoms. The molecule has 0 aromatic heterocycles. The minimum absolute atomic E-state index is 0.578. The van der Waals surface area contributed by atoms with Crippen LogP contribution in [-0.4, -0.2) is 37.1 Å². The van der Waals surface area contributed by atoms with Crippen molar-refractivity contribution in [3.8, 4) is 0 Å². The first-order valence-corrected chi connectivity index (χ1v) is 5.64. The van der Waals surface area contributed by atoms with Gasteiger partial charge in [0.15, 0.2) is 0 Å². The molecule has 1 unspecified atom stereocenters. The smallest absolute Gasteiger partial charge is 0.0219 e. The van der Waals surface area contributed by atoms with Gasteiger partial charge >= 0.3 is 0 Å². The number of hydrogen-bond donors (Lipinski definition) is 1. The number of rotatable bonds is 3. The Hall–Kier alpha value is -0.0800. The van der Waals surface area contributed by atoms with Crippen LogP contribution in [0.25, 0.3) is 0 Å². The van der Waals surface area contributed by atoms with Gasteiger partial charge < -0.3 is 10.2 Å². The van der Waals surface area contributed by atoms with Gasteiger partial charge in [-0.3, -0.25) is 0 Å². The normalized spacial score (nSPS) is 32.1. The number of nitrogens with zero attached hydrogens (tertiary/aromatic N) is 1. The summed E-state index contributed by atoms with van der Waals surface area (Å²) in [7, 11) is 4.46. The molecule has 1 saturated heterocycles. The van der Waals surface area contributed by atoms with E-state index < -0.39 is 0 Å². The van der Waals surface area contributed by atoms with Crippen LogP contribution in [0.15, 0.2) is 0 Å². The fraction of sp³-hybridized carbons (Fsp3) is 1.00. The summed E-state index contributed by atoms with van der Waals surface area (Å²) in [6, 6.07) is 0.804. The van der Waals surface area contributed by atoms with Gasteiger partial charge in [0.05, 0.1) is 0 Å². The standard InChI is InChI=1S/C11H22N2/c1-13(2)11(6-7-11)9-10-5-3-4-8-12-10/h10,12H,3-9H2,1-2H3. The van der Waals surface area contributed by atoms with Crippen LogP contribution in [0, 0.1) is 0 Å². The van der Waals surface area contributed by atoms with Gasteiger partial charge in [-0.15, -0.1) is 0 Å². The van der Waals surface area contributed by atoms with Crippen molar-refractivity contribution >= 4 is 0 Å². The molecule has 0 aromatic carbocycles. The topological polar surface area (TPSA) is 15.3 Å². The Labute approximate surface area is 81.7 Å². The summed E-state index contributed by atoms with van der Waals surface area (Å²) in [4.78, 5) is 2.43. The molecule has 1 heterocycles. The average Bonchev–Trinajstić information content (AvgIpc) is 2.87. The van der Waals surface area contributed by atoms with Crippen molar-refractivity contribution in [1.82, 2.24) is 10.2 Å². The molecule has 1 N–H and O–H groups in total. The maximum absolute atomic E-state index is 3.64. The third kappa shape index (κ3) is 2.05. The summed E-state index contributed by atoms with van der Waals surface area (Å²) in [6.45, 7) is 1.24. The van der Waals surface area contributed by atoms with Crippen LogP contribution in [0.4, 0.5) is 0 Å². The van der Waals surface area contributed by atoms with E-state index in [9.17, 15) is 0 Å². The monoisotopic (exact) mass is 182 g/mol. The van der Waals surface area contributed by atoms with E-state index in [0.29, 0.717) is 5.54 Å². The van der Waals surface area contributed by atoms with E-state index in [0.717, 1.165) is 6.04 Å². The summed E-state index contributed by atoms with van der Waals surface area (Å²) < 4.78 is 0. The average molecular weight is 182 g/mol. The predicted octanol–water partition coefficient (Wildman–Crippen LogP) is 1.61. The van der Waals surface area contributed by atoms with Gasteiger partial charge in [-0.1, -0.05) is 6.42 Å². The van der Waals surface area contributed by atoms with Gasteiger partial charge in [-0.2, -0.15) is 0 Å². The van der Waals surface area contributed by atoms with Crippen molar-refractivity contribution in [2.45, 2.75) is 50.1 Å². The largest absolute Gasteiger partial charge is 0.314 e. The molecular weight excluding hydrogens is 160 g/mol. The highest BCUT2D eigenvalue weighted by Crippen LogP contribution is 2.44. The Morgan fingerprint density at radius 3 is 2.54 bits per heavy atom. The molecule has 2 heteroatoms. The van der Waals surface area contributed by atoms with E-state index >= 15 is 0 Å². The van der Waals surface area contributed by atoms with Crippen LogP contribution in [0.1, 0.15) is 38.5 Å². The molecule has 0 radical (unpaired) electrons. The van der Waals surface area contributed by atoms with Gasteiger partial charge in [0.2, 0.25) is 0 Å². The van der Waals surface area contributed by atoms with Gasteiger partial charge in [0, 0.05) is 11.6 Å². The molecule has 0 bridgehead atoms. The molecule has 2 aliphatic rings. The lowest BCUT2D eigenvalue weighted by Gasteiger charge is -2.31. The lowest BCUT2D eigenvalue weighted by Crippen LogP contribution is -2.41. The lowest BCUT2D eigenvalue weighted by atomic mass is 9.96. The van der Waals surface area contributed by atoms with Gasteiger partial charge in [-0.05, 0) is 52.7 Å². The van der Waals surface area contributed by atoms with Crippen molar-refractivity contribution in [2.24, 2.45) is 0 Å². The van der Waals surface area contributed by atoms with Crippen LogP contribution in [0.5, 0.6) is 0 Å². The molecule has 1 saturated carbocycles. The third-order valence-electron chi connectivity index (χ3n) is 3.81. The van der Waals surface area contributed by atoms with Crippen molar-refractivity contribution in [1.29, 1.82) is 0 Å². The van der Waals surface area contributed by atoms with Crippen molar-refractivity contribution in [2.75, 3.05) is 20.6 Å². The quantitative estimate of drug-likeness (QED) is 0.713. The first-order chi connectivity index (χ1) is 6.23. The number of piperidine rings is 1. The van der Waals surface area contributed by atoms with E-state index in [1.807, 2.05) is 0 Å². The molecule has 1 atom stereocenters. The second-order valence-electron chi connectivity index (χ2n) is 4.97. The SMILES string of the molecule is CN(C)C1(CC2CCCCN2)CC1. The van der Waals surface area contributed by atoms with E-state index in [1.54, 1.807) is 0 Å². The zero-order valence-electron chi connectivity index (χ0n) is 8.97. The lowest BCUT2D eigenvalue weighted by molar-refractivity contribution is 0.217. The number of hydrogen-bond acceptors (Lipinski definition) is 2.